The molecule has 1 rings (SSSR count). The van der Waals surface area contributed by atoms with Crippen LogP contribution in [0.4, 0.5) is 0 Å². The second-order valence-corrected chi connectivity index (χ2v) is 4.63. The van der Waals surface area contributed by atoms with Crippen LogP contribution in [-0.2, 0) is 0 Å². The Morgan fingerprint density at radius 1 is 1.71 bits per heavy atom. The topological polar surface area (TPSA) is 91.8 Å². The second kappa shape index (κ2) is 6.19. The number of aromatic nitrogens is 1. The molecule has 17 heavy (non-hydrogen) atoms. The number of thiazole rings is 1. The fraction of sp³-hybridized carbons (Fsp3) is 0.500. The van der Waals surface area contributed by atoms with E-state index >= 15 is 0 Å². The lowest BCUT2D eigenvalue weighted by molar-refractivity contribution is 0.0773. The zero-order valence-electron chi connectivity index (χ0n) is 9.88. The SMILES string of the molecule is CCCN(CC(N)=NO)C(=O)c1csc(C)n1. The van der Waals surface area contributed by atoms with Crippen molar-refractivity contribution in [1.82, 2.24) is 9.88 Å². The van der Waals surface area contributed by atoms with Gasteiger partial charge in [0.2, 0.25) is 0 Å². The number of hydrogen-bond donors (Lipinski definition) is 2. The number of rotatable bonds is 5. The van der Waals surface area contributed by atoms with E-state index < -0.39 is 0 Å². The van der Waals surface area contributed by atoms with Gasteiger partial charge >= 0.3 is 0 Å². The van der Waals surface area contributed by atoms with Crippen molar-refractivity contribution in [2.45, 2.75) is 20.3 Å². The Labute approximate surface area is 104 Å². The standard InChI is InChI=1S/C10H16N4O2S/c1-3-4-14(5-9(11)13-16)10(15)8-6-17-7(2)12-8/h6,16H,3-5H2,1-2H3,(H2,11,13). The molecule has 94 valence electrons. The first kappa shape index (κ1) is 13.4. The summed E-state index contributed by atoms with van der Waals surface area (Å²) in [7, 11) is 0. The summed E-state index contributed by atoms with van der Waals surface area (Å²) in [5.41, 5.74) is 5.82. The number of nitrogens with two attached hydrogens (primary N) is 1. The van der Waals surface area contributed by atoms with Gasteiger partial charge in [0.05, 0.1) is 11.6 Å². The number of amidine groups is 1. The van der Waals surface area contributed by atoms with Crippen molar-refractivity contribution >= 4 is 23.1 Å². The van der Waals surface area contributed by atoms with E-state index in [1.165, 1.54) is 16.2 Å². The molecule has 3 N–H and O–H groups in total. The van der Waals surface area contributed by atoms with Crippen LogP contribution in [0.1, 0.15) is 28.8 Å². The molecule has 6 nitrogen and oxygen atoms in total. The molecule has 0 radical (unpaired) electrons. The first-order valence-electron chi connectivity index (χ1n) is 5.26. The lowest BCUT2D eigenvalue weighted by atomic mass is 10.3. The molecule has 1 amide bonds. The molecule has 0 aliphatic rings. The number of carbonyl (C=O) groups excluding carboxylic acids is 1. The van der Waals surface area contributed by atoms with Crippen LogP contribution in [0.2, 0.25) is 0 Å². The first-order chi connectivity index (χ1) is 8.08. The van der Waals surface area contributed by atoms with Crippen molar-refractivity contribution in [3.8, 4) is 0 Å². The van der Waals surface area contributed by atoms with Crippen LogP contribution in [0, 0.1) is 6.92 Å². The molecule has 0 spiro atoms. The van der Waals surface area contributed by atoms with Crippen molar-refractivity contribution in [1.29, 1.82) is 0 Å². The van der Waals surface area contributed by atoms with Gasteiger partial charge in [0, 0.05) is 11.9 Å². The Morgan fingerprint density at radius 2 is 2.41 bits per heavy atom. The molecule has 0 saturated carbocycles. The summed E-state index contributed by atoms with van der Waals surface area (Å²) in [5.74, 6) is -0.179. The smallest absolute Gasteiger partial charge is 0.273 e. The van der Waals surface area contributed by atoms with Crippen LogP contribution in [0.15, 0.2) is 10.5 Å². The third kappa shape index (κ3) is 3.70. The van der Waals surface area contributed by atoms with Gasteiger partial charge < -0.3 is 15.8 Å². The lowest BCUT2D eigenvalue weighted by Gasteiger charge is -2.20. The van der Waals surface area contributed by atoms with Crippen molar-refractivity contribution in [2.75, 3.05) is 13.1 Å². The minimum absolute atomic E-state index is 0.0127. The Morgan fingerprint density at radius 3 is 2.88 bits per heavy atom. The Balaban J connectivity index is 2.80. The van der Waals surface area contributed by atoms with E-state index in [1.54, 1.807) is 5.38 Å². The molecule has 1 aromatic rings. The van der Waals surface area contributed by atoms with Crippen LogP contribution in [0.25, 0.3) is 0 Å². The molecule has 0 aliphatic heterocycles. The van der Waals surface area contributed by atoms with Crippen molar-refractivity contribution < 1.29 is 10.0 Å². The summed E-state index contributed by atoms with van der Waals surface area (Å²) in [4.78, 5) is 17.7. The van der Waals surface area contributed by atoms with E-state index in [0.29, 0.717) is 12.2 Å². The maximum absolute atomic E-state index is 12.1. The molecule has 1 aromatic heterocycles. The predicted molar refractivity (Wildman–Crippen MR) is 66.5 cm³/mol. The molecule has 0 saturated heterocycles. The highest BCUT2D eigenvalue weighted by Gasteiger charge is 2.18. The maximum atomic E-state index is 12.1. The highest BCUT2D eigenvalue weighted by molar-refractivity contribution is 7.09. The number of amides is 1. The van der Waals surface area contributed by atoms with Gasteiger partial charge in [-0.15, -0.1) is 11.3 Å². The molecule has 1 heterocycles. The van der Waals surface area contributed by atoms with Crippen LogP contribution < -0.4 is 5.73 Å². The van der Waals surface area contributed by atoms with E-state index in [-0.39, 0.29) is 18.3 Å². The second-order valence-electron chi connectivity index (χ2n) is 3.57. The van der Waals surface area contributed by atoms with E-state index in [4.69, 9.17) is 10.9 Å². The van der Waals surface area contributed by atoms with E-state index in [9.17, 15) is 4.79 Å². The highest BCUT2D eigenvalue weighted by atomic mass is 32.1. The summed E-state index contributed by atoms with van der Waals surface area (Å²) in [6.07, 6.45) is 0.799. The van der Waals surface area contributed by atoms with Gasteiger partial charge in [0.25, 0.3) is 5.91 Å². The number of nitrogens with zero attached hydrogens (tertiary/aromatic N) is 3. The van der Waals surface area contributed by atoms with Gasteiger partial charge in [-0.1, -0.05) is 12.1 Å². The Kier molecular flexibility index (Phi) is 4.89. The summed E-state index contributed by atoms with van der Waals surface area (Å²) in [6, 6.07) is 0. The summed E-state index contributed by atoms with van der Waals surface area (Å²) < 4.78 is 0. The third-order valence-electron chi connectivity index (χ3n) is 2.10. The number of aryl methyl sites for hydroxylation is 1. The Bertz CT molecular complexity index is 416. The van der Waals surface area contributed by atoms with Gasteiger partial charge in [-0.3, -0.25) is 4.79 Å². The first-order valence-corrected chi connectivity index (χ1v) is 6.14. The largest absolute Gasteiger partial charge is 0.409 e. The number of hydrogen-bond acceptors (Lipinski definition) is 5. The van der Waals surface area contributed by atoms with Crippen LogP contribution in [0.3, 0.4) is 0 Å². The molecule has 7 heteroatoms. The summed E-state index contributed by atoms with van der Waals surface area (Å²) in [6.45, 7) is 4.46. The van der Waals surface area contributed by atoms with Crippen LogP contribution in [-0.4, -0.2) is 39.9 Å². The lowest BCUT2D eigenvalue weighted by Crippen LogP contribution is -2.39. The van der Waals surface area contributed by atoms with Gasteiger partial charge in [0.15, 0.2) is 5.84 Å². The molecule has 0 atom stereocenters. The van der Waals surface area contributed by atoms with Gasteiger partial charge in [0.1, 0.15) is 5.69 Å². The predicted octanol–water partition coefficient (Wildman–Crippen LogP) is 1.05. The molecular weight excluding hydrogens is 240 g/mol. The van der Waals surface area contributed by atoms with Crippen molar-refractivity contribution in [3.63, 3.8) is 0 Å². The molecule has 0 aromatic carbocycles. The highest BCUT2D eigenvalue weighted by Crippen LogP contribution is 2.10. The molecule has 0 aliphatic carbocycles. The molecule has 0 fully saturated rings. The minimum atomic E-state index is -0.192. The minimum Gasteiger partial charge on any atom is -0.409 e. The average Bonchev–Trinajstić information content (AvgIpc) is 2.74. The van der Waals surface area contributed by atoms with E-state index in [1.807, 2.05) is 13.8 Å². The molecule has 0 unspecified atom stereocenters. The van der Waals surface area contributed by atoms with Crippen LogP contribution in [0.5, 0.6) is 0 Å². The zero-order valence-corrected chi connectivity index (χ0v) is 10.7. The van der Waals surface area contributed by atoms with Gasteiger partial charge in [-0.05, 0) is 13.3 Å². The van der Waals surface area contributed by atoms with Crippen molar-refractivity contribution in [3.05, 3.63) is 16.1 Å². The monoisotopic (exact) mass is 256 g/mol. The van der Waals surface area contributed by atoms with E-state index in [0.717, 1.165) is 11.4 Å². The molecule has 0 bridgehead atoms. The van der Waals surface area contributed by atoms with Crippen LogP contribution >= 0.6 is 11.3 Å². The van der Waals surface area contributed by atoms with Gasteiger partial charge in [-0.25, -0.2) is 4.98 Å². The summed E-state index contributed by atoms with van der Waals surface area (Å²) >= 11 is 1.42. The van der Waals surface area contributed by atoms with Gasteiger partial charge in [-0.2, -0.15) is 0 Å². The molecular formula is C10H16N4O2S. The van der Waals surface area contributed by atoms with E-state index in [2.05, 4.69) is 10.1 Å². The third-order valence-corrected chi connectivity index (χ3v) is 2.87. The fourth-order valence-corrected chi connectivity index (χ4v) is 1.96. The average molecular weight is 256 g/mol. The maximum Gasteiger partial charge on any atom is 0.273 e. The van der Waals surface area contributed by atoms with Crippen molar-refractivity contribution in [2.24, 2.45) is 10.9 Å². The zero-order chi connectivity index (χ0) is 12.8. The Hall–Kier alpha value is -1.63. The number of carbonyl (C=O) groups is 1. The number of oxime groups is 1. The quantitative estimate of drug-likeness (QED) is 0.356. The normalized spacial score (nSPS) is 11.5. The fourth-order valence-electron chi connectivity index (χ4n) is 1.37. The summed E-state index contributed by atoms with van der Waals surface area (Å²) in [5, 5.41) is 14.0.